The third kappa shape index (κ3) is 4.87. The molecule has 0 atom stereocenters. The van der Waals surface area contributed by atoms with Crippen LogP contribution in [0.2, 0.25) is 0 Å². The number of nitrogens with zero attached hydrogens (tertiary/aromatic N) is 5. The minimum absolute atomic E-state index is 0.0261. The summed E-state index contributed by atoms with van der Waals surface area (Å²) in [6.45, 7) is 2.98. The van der Waals surface area contributed by atoms with Crippen molar-refractivity contribution in [1.29, 1.82) is 0 Å². The van der Waals surface area contributed by atoms with Crippen molar-refractivity contribution in [3.63, 3.8) is 0 Å². The average molecular weight is 369 g/mol. The SMILES string of the molecule is CCOc1ccc(CN(C)C(=O)Cn2nnc(-c3ccc(F)cc3)n2)cc1. The van der Waals surface area contributed by atoms with Crippen LogP contribution in [0.15, 0.2) is 48.5 Å². The zero-order valence-corrected chi connectivity index (χ0v) is 15.2. The van der Waals surface area contributed by atoms with Crippen LogP contribution in [0.5, 0.6) is 5.75 Å². The lowest BCUT2D eigenvalue weighted by molar-refractivity contribution is -0.131. The van der Waals surface area contributed by atoms with E-state index in [0.717, 1.165) is 11.3 Å². The lowest BCUT2D eigenvalue weighted by Crippen LogP contribution is -2.30. The van der Waals surface area contributed by atoms with E-state index < -0.39 is 0 Å². The minimum atomic E-state index is -0.336. The zero-order chi connectivity index (χ0) is 19.2. The Hall–Kier alpha value is -3.29. The van der Waals surface area contributed by atoms with Crippen LogP contribution in [0.25, 0.3) is 11.4 Å². The molecule has 0 aliphatic carbocycles. The van der Waals surface area contributed by atoms with Crippen LogP contribution in [0.1, 0.15) is 12.5 Å². The summed E-state index contributed by atoms with van der Waals surface area (Å²) in [5.74, 6) is 0.663. The van der Waals surface area contributed by atoms with E-state index in [4.69, 9.17) is 4.74 Å². The molecule has 2 aromatic carbocycles. The van der Waals surface area contributed by atoms with E-state index in [1.165, 1.54) is 16.9 Å². The largest absolute Gasteiger partial charge is 0.494 e. The summed E-state index contributed by atoms with van der Waals surface area (Å²) in [6, 6.07) is 13.4. The first-order chi connectivity index (χ1) is 13.0. The highest BCUT2D eigenvalue weighted by Gasteiger charge is 2.13. The standard InChI is InChI=1S/C19H20FN5O2/c1-3-27-17-10-4-14(5-11-17)12-24(2)18(26)13-25-22-19(21-23-25)15-6-8-16(20)9-7-15/h4-11H,3,12-13H2,1-2H3. The number of tetrazole rings is 1. The Kier molecular flexibility index (Phi) is 5.75. The molecule has 0 unspecified atom stereocenters. The van der Waals surface area contributed by atoms with Gasteiger partial charge in [0.2, 0.25) is 11.7 Å². The second-order valence-corrected chi connectivity index (χ2v) is 5.98. The van der Waals surface area contributed by atoms with Gasteiger partial charge in [-0.25, -0.2) is 4.39 Å². The number of carbonyl (C=O) groups is 1. The van der Waals surface area contributed by atoms with Gasteiger partial charge in [0.05, 0.1) is 6.61 Å². The molecular formula is C19H20FN5O2. The summed E-state index contributed by atoms with van der Waals surface area (Å²) in [4.78, 5) is 15.2. The predicted octanol–water partition coefficient (Wildman–Crippen LogP) is 2.54. The first kappa shape index (κ1) is 18.5. The molecule has 8 heteroatoms. The first-order valence-electron chi connectivity index (χ1n) is 8.54. The van der Waals surface area contributed by atoms with Crippen LogP contribution in [-0.4, -0.2) is 44.7 Å². The lowest BCUT2D eigenvalue weighted by Gasteiger charge is -2.17. The molecule has 0 aliphatic rings. The number of carbonyl (C=O) groups excluding carboxylic acids is 1. The van der Waals surface area contributed by atoms with Crippen LogP contribution < -0.4 is 4.74 Å². The number of halogens is 1. The van der Waals surface area contributed by atoms with Gasteiger partial charge < -0.3 is 9.64 Å². The maximum absolute atomic E-state index is 13.0. The van der Waals surface area contributed by atoms with Gasteiger partial charge in [0.1, 0.15) is 18.1 Å². The molecule has 0 N–H and O–H groups in total. The molecule has 140 valence electrons. The fraction of sp³-hybridized carbons (Fsp3) is 0.263. The van der Waals surface area contributed by atoms with Crippen molar-refractivity contribution in [1.82, 2.24) is 25.1 Å². The van der Waals surface area contributed by atoms with Crippen molar-refractivity contribution in [3.05, 3.63) is 59.9 Å². The Morgan fingerprint density at radius 1 is 1.15 bits per heavy atom. The summed E-state index contributed by atoms with van der Waals surface area (Å²) >= 11 is 0. The van der Waals surface area contributed by atoms with Gasteiger partial charge >= 0.3 is 0 Å². The third-order valence-electron chi connectivity index (χ3n) is 3.91. The van der Waals surface area contributed by atoms with Crippen molar-refractivity contribution in [2.45, 2.75) is 20.0 Å². The van der Waals surface area contributed by atoms with E-state index >= 15 is 0 Å². The van der Waals surface area contributed by atoms with E-state index in [1.807, 2.05) is 31.2 Å². The second kappa shape index (κ2) is 8.39. The van der Waals surface area contributed by atoms with E-state index in [-0.39, 0.29) is 18.3 Å². The molecule has 0 spiro atoms. The molecule has 7 nitrogen and oxygen atoms in total. The maximum Gasteiger partial charge on any atom is 0.246 e. The van der Waals surface area contributed by atoms with E-state index in [0.29, 0.717) is 24.5 Å². The van der Waals surface area contributed by atoms with Gasteiger partial charge in [-0.05, 0) is 54.1 Å². The molecule has 0 fully saturated rings. The molecule has 27 heavy (non-hydrogen) atoms. The zero-order valence-electron chi connectivity index (χ0n) is 15.2. The number of likely N-dealkylation sites (N-methyl/N-ethyl adjacent to an activating group) is 1. The highest BCUT2D eigenvalue weighted by Crippen LogP contribution is 2.15. The Morgan fingerprint density at radius 2 is 1.85 bits per heavy atom. The molecule has 0 saturated heterocycles. The van der Waals surface area contributed by atoms with Gasteiger partial charge in [0.15, 0.2) is 0 Å². The van der Waals surface area contributed by atoms with Crippen molar-refractivity contribution in [2.24, 2.45) is 0 Å². The maximum atomic E-state index is 13.0. The van der Waals surface area contributed by atoms with E-state index in [2.05, 4.69) is 15.4 Å². The number of benzene rings is 2. The number of aromatic nitrogens is 4. The monoisotopic (exact) mass is 369 g/mol. The normalized spacial score (nSPS) is 10.6. The fourth-order valence-electron chi connectivity index (χ4n) is 2.49. The summed E-state index contributed by atoms with van der Waals surface area (Å²) in [5, 5.41) is 12.0. The van der Waals surface area contributed by atoms with E-state index in [9.17, 15) is 9.18 Å². The Bertz CT molecular complexity index is 893. The van der Waals surface area contributed by atoms with Gasteiger partial charge in [-0.2, -0.15) is 4.80 Å². The van der Waals surface area contributed by atoms with Crippen molar-refractivity contribution in [3.8, 4) is 17.1 Å². The Labute approximate surface area is 156 Å². The van der Waals surface area contributed by atoms with Crippen molar-refractivity contribution >= 4 is 5.91 Å². The Balaban J connectivity index is 1.58. The molecule has 0 radical (unpaired) electrons. The van der Waals surface area contributed by atoms with Gasteiger partial charge in [0, 0.05) is 19.2 Å². The molecule has 3 rings (SSSR count). The highest BCUT2D eigenvalue weighted by atomic mass is 19.1. The van der Waals surface area contributed by atoms with Crippen molar-refractivity contribution in [2.75, 3.05) is 13.7 Å². The molecule has 1 heterocycles. The average Bonchev–Trinajstić information content (AvgIpc) is 3.12. The molecule has 0 saturated carbocycles. The van der Waals surface area contributed by atoms with Crippen LogP contribution in [0.3, 0.4) is 0 Å². The number of rotatable bonds is 7. The Morgan fingerprint density at radius 3 is 2.52 bits per heavy atom. The minimum Gasteiger partial charge on any atom is -0.494 e. The summed E-state index contributed by atoms with van der Waals surface area (Å²) in [6.07, 6.45) is 0. The molecular weight excluding hydrogens is 349 g/mol. The summed E-state index contributed by atoms with van der Waals surface area (Å²) in [5.41, 5.74) is 1.63. The topological polar surface area (TPSA) is 73.1 Å². The molecule has 0 aliphatic heterocycles. The van der Waals surface area contributed by atoms with Gasteiger partial charge in [-0.3, -0.25) is 4.79 Å². The molecule has 1 amide bonds. The van der Waals surface area contributed by atoms with Crippen molar-refractivity contribution < 1.29 is 13.9 Å². The van der Waals surface area contributed by atoms with Crippen LogP contribution in [0.4, 0.5) is 4.39 Å². The third-order valence-corrected chi connectivity index (χ3v) is 3.91. The summed E-state index contributed by atoms with van der Waals surface area (Å²) in [7, 11) is 1.72. The van der Waals surface area contributed by atoms with Crippen LogP contribution >= 0.6 is 0 Å². The van der Waals surface area contributed by atoms with Gasteiger partial charge in [-0.1, -0.05) is 12.1 Å². The highest BCUT2D eigenvalue weighted by molar-refractivity contribution is 5.75. The number of ether oxygens (including phenoxy) is 1. The van der Waals surface area contributed by atoms with Gasteiger partial charge in [-0.15, -0.1) is 10.2 Å². The lowest BCUT2D eigenvalue weighted by atomic mass is 10.2. The smallest absolute Gasteiger partial charge is 0.246 e. The molecule has 1 aromatic heterocycles. The molecule has 0 bridgehead atoms. The van der Waals surface area contributed by atoms with Crippen LogP contribution in [0, 0.1) is 5.82 Å². The number of amides is 1. The quantitative estimate of drug-likeness (QED) is 0.640. The first-order valence-corrected chi connectivity index (χ1v) is 8.54. The van der Waals surface area contributed by atoms with Crippen LogP contribution in [-0.2, 0) is 17.9 Å². The number of hydrogen-bond donors (Lipinski definition) is 0. The number of hydrogen-bond acceptors (Lipinski definition) is 5. The summed E-state index contributed by atoms with van der Waals surface area (Å²) < 4.78 is 18.4. The predicted molar refractivity (Wildman–Crippen MR) is 97.3 cm³/mol. The van der Waals surface area contributed by atoms with E-state index in [1.54, 1.807) is 24.1 Å². The second-order valence-electron chi connectivity index (χ2n) is 5.98. The molecule has 3 aromatic rings. The fourth-order valence-corrected chi connectivity index (χ4v) is 2.49. The van der Waals surface area contributed by atoms with Gasteiger partial charge in [0.25, 0.3) is 0 Å².